The maximum absolute atomic E-state index is 9.65. The summed E-state index contributed by atoms with van der Waals surface area (Å²) in [4.78, 5) is 6.19. The fourth-order valence-corrected chi connectivity index (χ4v) is 2.90. The number of hydrogen-bond acceptors (Lipinski definition) is 5. The van der Waals surface area contributed by atoms with E-state index in [-0.39, 0.29) is 18.2 Å². The average Bonchev–Trinajstić information content (AvgIpc) is 2.71. The minimum atomic E-state index is -0.469. The Balaban J connectivity index is 2.17. The molecule has 2 aliphatic rings. The molecule has 1 atom stereocenters. The van der Waals surface area contributed by atoms with Crippen molar-refractivity contribution in [1.29, 1.82) is 10.8 Å². The average molecular weight is 324 g/mol. The van der Waals surface area contributed by atoms with Crippen LogP contribution in [0.25, 0.3) is 0 Å². The summed E-state index contributed by atoms with van der Waals surface area (Å²) in [6.45, 7) is 1.85. The Kier molecular flexibility index (Phi) is 4.31. The van der Waals surface area contributed by atoms with Gasteiger partial charge in [-0.25, -0.2) is 0 Å². The van der Waals surface area contributed by atoms with Gasteiger partial charge in [0.15, 0.2) is 0 Å². The number of fused-ring (bicyclic) bond motifs is 1. The number of benzene rings is 1. The largest absolute Gasteiger partial charge is 0.497 e. The molecular weight excluding hydrogens is 304 g/mol. The predicted molar refractivity (Wildman–Crippen MR) is 95.9 cm³/mol. The number of aliphatic imine (C=N–C) groups is 1. The van der Waals surface area contributed by atoms with Gasteiger partial charge >= 0.3 is 0 Å². The summed E-state index contributed by atoms with van der Waals surface area (Å²) in [7, 11) is 1.60. The second-order valence-electron chi connectivity index (χ2n) is 5.74. The van der Waals surface area contributed by atoms with Crippen molar-refractivity contribution in [3.63, 3.8) is 0 Å². The van der Waals surface area contributed by atoms with E-state index in [0.717, 1.165) is 22.5 Å². The van der Waals surface area contributed by atoms with Crippen LogP contribution in [0, 0.1) is 10.8 Å². The molecule has 3 rings (SSSR count). The molecule has 0 fully saturated rings. The van der Waals surface area contributed by atoms with Crippen LogP contribution < -0.4 is 9.64 Å². The number of methoxy groups -OCH3 is 1. The van der Waals surface area contributed by atoms with Crippen LogP contribution >= 0.6 is 0 Å². The first-order valence-electron chi connectivity index (χ1n) is 7.73. The van der Waals surface area contributed by atoms with Crippen LogP contribution in [-0.2, 0) is 0 Å². The van der Waals surface area contributed by atoms with Crippen molar-refractivity contribution in [1.82, 2.24) is 0 Å². The molecule has 6 nitrogen and oxygen atoms in total. The molecule has 0 bridgehead atoms. The Morgan fingerprint density at radius 1 is 1.42 bits per heavy atom. The van der Waals surface area contributed by atoms with Gasteiger partial charge in [-0.05, 0) is 37.1 Å². The third-order valence-corrected chi connectivity index (χ3v) is 4.04. The Morgan fingerprint density at radius 3 is 2.83 bits per heavy atom. The molecule has 0 amide bonds. The van der Waals surface area contributed by atoms with Crippen molar-refractivity contribution in [3.05, 3.63) is 47.6 Å². The number of aliphatic hydroxyl groups excluding tert-OH is 1. The maximum Gasteiger partial charge on any atom is 0.128 e. The number of allylic oxidation sites excluding steroid dienone is 2. The molecule has 0 radical (unpaired) electrons. The van der Waals surface area contributed by atoms with Crippen molar-refractivity contribution in [2.75, 3.05) is 18.6 Å². The number of amidine groups is 2. The van der Waals surface area contributed by atoms with Gasteiger partial charge in [-0.15, -0.1) is 0 Å². The summed E-state index contributed by atoms with van der Waals surface area (Å²) >= 11 is 0. The number of aliphatic hydroxyl groups is 1. The zero-order chi connectivity index (χ0) is 17.3. The number of hydrogen-bond donors (Lipinski definition) is 3. The van der Waals surface area contributed by atoms with Gasteiger partial charge in [-0.2, -0.15) is 0 Å². The fraction of sp³-hybridized carbons (Fsp3) is 0.278. The molecule has 1 unspecified atom stereocenters. The van der Waals surface area contributed by atoms with E-state index < -0.39 is 6.10 Å². The summed E-state index contributed by atoms with van der Waals surface area (Å²) in [5.74, 6) is 1.22. The highest BCUT2D eigenvalue weighted by Crippen LogP contribution is 2.31. The van der Waals surface area contributed by atoms with E-state index in [9.17, 15) is 5.11 Å². The van der Waals surface area contributed by atoms with Crippen molar-refractivity contribution in [2.24, 2.45) is 4.99 Å². The molecule has 0 aromatic heterocycles. The molecule has 0 saturated carbocycles. The van der Waals surface area contributed by atoms with E-state index in [2.05, 4.69) is 4.99 Å². The van der Waals surface area contributed by atoms with Gasteiger partial charge < -0.3 is 9.84 Å². The highest BCUT2D eigenvalue weighted by molar-refractivity contribution is 6.26. The van der Waals surface area contributed by atoms with Crippen LogP contribution in [-0.4, -0.2) is 42.2 Å². The van der Waals surface area contributed by atoms with Gasteiger partial charge in [-0.1, -0.05) is 18.2 Å². The van der Waals surface area contributed by atoms with E-state index in [1.807, 2.05) is 30.4 Å². The summed E-state index contributed by atoms with van der Waals surface area (Å²) in [6, 6.07) is 5.55. The molecule has 0 spiro atoms. The van der Waals surface area contributed by atoms with Crippen LogP contribution in [0.4, 0.5) is 5.69 Å². The SMILES string of the molecule is COc1ccc2c(c1)C(C1=CCC(O)C=C1)=NCC(=N)N2C(C)=N. The van der Waals surface area contributed by atoms with E-state index in [1.165, 1.54) is 0 Å². The molecule has 1 heterocycles. The first kappa shape index (κ1) is 16.1. The molecule has 1 aromatic carbocycles. The quantitative estimate of drug-likeness (QED) is 0.576. The summed E-state index contributed by atoms with van der Waals surface area (Å²) in [6.07, 6.45) is 5.61. The Labute approximate surface area is 140 Å². The monoisotopic (exact) mass is 324 g/mol. The minimum absolute atomic E-state index is 0.191. The summed E-state index contributed by atoms with van der Waals surface area (Å²) < 4.78 is 5.34. The molecular formula is C18H20N4O2. The van der Waals surface area contributed by atoms with Crippen LogP contribution in [0.5, 0.6) is 5.75 Å². The number of rotatable bonds is 2. The lowest BCUT2D eigenvalue weighted by Crippen LogP contribution is -2.35. The minimum Gasteiger partial charge on any atom is -0.497 e. The summed E-state index contributed by atoms with van der Waals surface area (Å²) in [5, 5.41) is 25.9. The predicted octanol–water partition coefficient (Wildman–Crippen LogP) is 2.53. The van der Waals surface area contributed by atoms with Gasteiger partial charge in [0.25, 0.3) is 0 Å². The normalized spacial score (nSPS) is 20.0. The van der Waals surface area contributed by atoms with Crippen LogP contribution in [0.15, 0.2) is 47.0 Å². The van der Waals surface area contributed by atoms with Crippen LogP contribution in [0.3, 0.4) is 0 Å². The van der Waals surface area contributed by atoms with Crippen LogP contribution in [0.2, 0.25) is 0 Å². The Bertz CT molecular complexity index is 792. The number of nitrogens with one attached hydrogen (secondary N) is 2. The first-order chi connectivity index (χ1) is 11.5. The highest BCUT2D eigenvalue weighted by Gasteiger charge is 2.26. The van der Waals surface area contributed by atoms with Crippen molar-refractivity contribution < 1.29 is 9.84 Å². The second kappa shape index (κ2) is 6.41. The van der Waals surface area contributed by atoms with Crippen molar-refractivity contribution >= 4 is 23.1 Å². The molecule has 6 heteroatoms. The molecule has 24 heavy (non-hydrogen) atoms. The third kappa shape index (κ3) is 2.88. The van der Waals surface area contributed by atoms with Gasteiger partial charge in [0, 0.05) is 5.56 Å². The van der Waals surface area contributed by atoms with Crippen molar-refractivity contribution in [2.45, 2.75) is 19.4 Å². The zero-order valence-electron chi connectivity index (χ0n) is 13.7. The van der Waals surface area contributed by atoms with Crippen molar-refractivity contribution in [3.8, 4) is 5.75 Å². The number of ether oxygens (including phenoxy) is 1. The smallest absolute Gasteiger partial charge is 0.128 e. The standard InChI is InChI=1S/C18H20N4O2/c1-11(19)22-16-8-7-14(24-2)9-15(16)18(21-10-17(22)20)12-3-5-13(23)6-4-12/h3-5,7-9,13,19-20,23H,6,10H2,1-2H3. The lowest BCUT2D eigenvalue weighted by molar-refractivity contribution is 0.225. The van der Waals surface area contributed by atoms with Gasteiger partial charge in [0.1, 0.15) is 17.4 Å². The first-order valence-corrected chi connectivity index (χ1v) is 7.73. The molecule has 1 aromatic rings. The second-order valence-corrected chi connectivity index (χ2v) is 5.74. The maximum atomic E-state index is 9.65. The third-order valence-electron chi connectivity index (χ3n) is 4.04. The molecule has 1 aliphatic carbocycles. The lowest BCUT2D eigenvalue weighted by Gasteiger charge is -2.24. The molecule has 3 N–H and O–H groups in total. The van der Waals surface area contributed by atoms with E-state index in [0.29, 0.717) is 12.2 Å². The van der Waals surface area contributed by atoms with Gasteiger partial charge in [0.2, 0.25) is 0 Å². The lowest BCUT2D eigenvalue weighted by atomic mass is 9.95. The van der Waals surface area contributed by atoms with Gasteiger partial charge in [-0.3, -0.25) is 20.7 Å². The summed E-state index contributed by atoms with van der Waals surface area (Å²) in [5.41, 5.74) is 3.22. The molecule has 124 valence electrons. The molecule has 0 saturated heterocycles. The van der Waals surface area contributed by atoms with E-state index in [4.69, 9.17) is 15.6 Å². The highest BCUT2D eigenvalue weighted by atomic mass is 16.5. The van der Waals surface area contributed by atoms with E-state index >= 15 is 0 Å². The number of nitrogens with zero attached hydrogens (tertiary/aromatic N) is 2. The van der Waals surface area contributed by atoms with Gasteiger partial charge in [0.05, 0.1) is 31.2 Å². The topological polar surface area (TPSA) is 92.8 Å². The van der Waals surface area contributed by atoms with E-state index in [1.54, 1.807) is 25.0 Å². The zero-order valence-corrected chi connectivity index (χ0v) is 13.7. The molecule has 1 aliphatic heterocycles. The Hall–Kier alpha value is -2.73. The number of anilines is 1. The Morgan fingerprint density at radius 2 is 2.21 bits per heavy atom. The fourth-order valence-electron chi connectivity index (χ4n) is 2.90. The number of benzodiazepines with no additional fused rings is 1. The van der Waals surface area contributed by atoms with Crippen LogP contribution in [0.1, 0.15) is 18.9 Å².